The summed E-state index contributed by atoms with van der Waals surface area (Å²) < 4.78 is 1.83. The van der Waals surface area contributed by atoms with Crippen LogP contribution in [0, 0.1) is 5.92 Å². The van der Waals surface area contributed by atoms with Crippen molar-refractivity contribution in [2.24, 2.45) is 11.7 Å². The maximum Gasteiger partial charge on any atom is 0.254 e. The van der Waals surface area contributed by atoms with Crippen molar-refractivity contribution in [2.45, 2.75) is 39.8 Å². The first-order valence-corrected chi connectivity index (χ1v) is 9.85. The van der Waals surface area contributed by atoms with Crippen LogP contribution in [0.25, 0.3) is 22.3 Å². The quantitative estimate of drug-likeness (QED) is 0.681. The lowest BCUT2D eigenvalue weighted by molar-refractivity contribution is 0.0791. The molecule has 0 aliphatic carbocycles. The molecular weight excluding hydrogens is 350 g/mol. The third-order valence-corrected chi connectivity index (χ3v) is 5.21. The van der Waals surface area contributed by atoms with Gasteiger partial charge in [0.15, 0.2) is 5.65 Å². The number of rotatable bonds is 7. The molecule has 6 heteroatoms. The van der Waals surface area contributed by atoms with Gasteiger partial charge in [0.05, 0.1) is 22.8 Å². The number of pyridine rings is 1. The van der Waals surface area contributed by atoms with Gasteiger partial charge in [0.1, 0.15) is 0 Å². The maximum absolute atomic E-state index is 13.2. The molecule has 148 valence electrons. The molecule has 2 heterocycles. The SMILES string of the molecule is CCn1ncc2c(C(=O)N(C)CCC(N)C(C)C)cc(-c3ccccc3)nc21. The van der Waals surface area contributed by atoms with Crippen LogP contribution in [0.15, 0.2) is 42.6 Å². The van der Waals surface area contributed by atoms with Crippen molar-refractivity contribution in [1.29, 1.82) is 0 Å². The van der Waals surface area contributed by atoms with E-state index in [1.165, 1.54) is 0 Å². The van der Waals surface area contributed by atoms with Crippen molar-refractivity contribution in [3.63, 3.8) is 0 Å². The fraction of sp³-hybridized carbons (Fsp3) is 0.409. The van der Waals surface area contributed by atoms with Gasteiger partial charge >= 0.3 is 0 Å². The number of fused-ring (bicyclic) bond motifs is 1. The lowest BCUT2D eigenvalue weighted by Gasteiger charge is -2.22. The third-order valence-electron chi connectivity index (χ3n) is 5.21. The monoisotopic (exact) mass is 379 g/mol. The van der Waals surface area contributed by atoms with Crippen LogP contribution in [0.2, 0.25) is 0 Å². The molecule has 1 aromatic carbocycles. The standard InChI is InChI=1S/C22H29N5O/c1-5-27-21-18(14-24-27)17(13-20(25-21)16-9-7-6-8-10-16)22(28)26(4)12-11-19(23)15(2)3/h6-10,13-15,19H,5,11-12,23H2,1-4H3. The summed E-state index contributed by atoms with van der Waals surface area (Å²) in [5, 5.41) is 5.20. The van der Waals surface area contributed by atoms with Crippen LogP contribution in [-0.2, 0) is 6.54 Å². The molecule has 1 amide bonds. The fourth-order valence-corrected chi connectivity index (χ4v) is 3.20. The Morgan fingerprint density at radius 2 is 1.96 bits per heavy atom. The molecule has 0 bridgehead atoms. The maximum atomic E-state index is 13.2. The van der Waals surface area contributed by atoms with E-state index in [1.54, 1.807) is 11.1 Å². The fourth-order valence-electron chi connectivity index (χ4n) is 3.20. The van der Waals surface area contributed by atoms with E-state index < -0.39 is 0 Å². The van der Waals surface area contributed by atoms with E-state index in [0.29, 0.717) is 24.6 Å². The highest BCUT2D eigenvalue weighted by molar-refractivity contribution is 6.06. The number of nitrogens with zero attached hydrogens (tertiary/aromatic N) is 4. The second-order valence-electron chi connectivity index (χ2n) is 7.54. The molecule has 3 rings (SSSR count). The molecule has 6 nitrogen and oxygen atoms in total. The van der Waals surface area contributed by atoms with Crippen molar-refractivity contribution >= 4 is 16.9 Å². The predicted octanol–water partition coefficient (Wildman–Crippen LogP) is 3.56. The van der Waals surface area contributed by atoms with Gasteiger partial charge in [-0.25, -0.2) is 9.67 Å². The minimum Gasteiger partial charge on any atom is -0.342 e. The van der Waals surface area contributed by atoms with Crippen molar-refractivity contribution in [3.05, 3.63) is 48.2 Å². The number of hydrogen-bond acceptors (Lipinski definition) is 4. The molecule has 0 saturated carbocycles. The molecule has 3 aromatic rings. The Morgan fingerprint density at radius 3 is 2.61 bits per heavy atom. The number of benzene rings is 1. The molecular formula is C22H29N5O. The largest absolute Gasteiger partial charge is 0.342 e. The van der Waals surface area contributed by atoms with E-state index in [0.717, 1.165) is 28.7 Å². The summed E-state index contributed by atoms with van der Waals surface area (Å²) in [4.78, 5) is 19.8. The van der Waals surface area contributed by atoms with Gasteiger partial charge in [-0.3, -0.25) is 4.79 Å². The number of hydrogen-bond donors (Lipinski definition) is 1. The first-order chi connectivity index (χ1) is 13.4. The minimum atomic E-state index is -0.0313. The molecule has 0 spiro atoms. The number of nitrogens with two attached hydrogens (primary N) is 1. The molecule has 1 unspecified atom stereocenters. The Bertz CT molecular complexity index is 948. The van der Waals surface area contributed by atoms with Gasteiger partial charge < -0.3 is 10.6 Å². The molecule has 0 fully saturated rings. The average molecular weight is 380 g/mol. The summed E-state index contributed by atoms with van der Waals surface area (Å²) in [7, 11) is 1.83. The lowest BCUT2D eigenvalue weighted by Crippen LogP contribution is -2.34. The van der Waals surface area contributed by atoms with Gasteiger partial charge in [0, 0.05) is 31.7 Å². The summed E-state index contributed by atoms with van der Waals surface area (Å²) in [6.07, 6.45) is 2.51. The van der Waals surface area contributed by atoms with Gasteiger partial charge in [-0.2, -0.15) is 5.10 Å². The van der Waals surface area contributed by atoms with Crippen molar-refractivity contribution in [3.8, 4) is 11.3 Å². The first kappa shape index (κ1) is 20.0. The van der Waals surface area contributed by atoms with E-state index in [1.807, 2.05) is 55.1 Å². The summed E-state index contributed by atoms with van der Waals surface area (Å²) in [6.45, 7) is 7.53. The Morgan fingerprint density at radius 1 is 1.25 bits per heavy atom. The predicted molar refractivity (Wildman–Crippen MR) is 113 cm³/mol. The van der Waals surface area contributed by atoms with Crippen LogP contribution >= 0.6 is 0 Å². The average Bonchev–Trinajstić information content (AvgIpc) is 3.14. The van der Waals surface area contributed by atoms with Crippen LogP contribution < -0.4 is 5.73 Å². The normalized spacial score (nSPS) is 12.5. The summed E-state index contributed by atoms with van der Waals surface area (Å²) >= 11 is 0. The van der Waals surface area contributed by atoms with Gasteiger partial charge in [0.2, 0.25) is 0 Å². The number of amides is 1. The van der Waals surface area contributed by atoms with Crippen molar-refractivity contribution in [1.82, 2.24) is 19.7 Å². The minimum absolute atomic E-state index is 0.0313. The zero-order valence-electron chi connectivity index (χ0n) is 17.1. The zero-order chi connectivity index (χ0) is 20.3. The molecule has 2 N–H and O–H groups in total. The Kier molecular flexibility index (Phi) is 6.09. The Labute approximate surface area is 166 Å². The number of aryl methyl sites for hydroxylation is 1. The molecule has 1 atom stereocenters. The third kappa shape index (κ3) is 4.07. The van der Waals surface area contributed by atoms with Gasteiger partial charge in [-0.1, -0.05) is 44.2 Å². The van der Waals surface area contributed by atoms with Crippen LogP contribution in [0.5, 0.6) is 0 Å². The van der Waals surface area contributed by atoms with Gasteiger partial charge in [-0.05, 0) is 25.3 Å². The topological polar surface area (TPSA) is 77.0 Å². The van der Waals surface area contributed by atoms with Crippen LogP contribution in [0.4, 0.5) is 0 Å². The van der Waals surface area contributed by atoms with E-state index in [2.05, 4.69) is 18.9 Å². The van der Waals surface area contributed by atoms with Gasteiger partial charge in [-0.15, -0.1) is 0 Å². The van der Waals surface area contributed by atoms with E-state index in [9.17, 15) is 4.79 Å². The van der Waals surface area contributed by atoms with Crippen LogP contribution in [-0.4, -0.2) is 45.2 Å². The molecule has 2 aromatic heterocycles. The molecule has 0 saturated heterocycles. The smallest absolute Gasteiger partial charge is 0.254 e. The highest BCUT2D eigenvalue weighted by atomic mass is 16.2. The highest BCUT2D eigenvalue weighted by Crippen LogP contribution is 2.26. The van der Waals surface area contributed by atoms with Gasteiger partial charge in [0.25, 0.3) is 5.91 Å². The number of carbonyl (C=O) groups is 1. The second kappa shape index (κ2) is 8.52. The second-order valence-corrected chi connectivity index (χ2v) is 7.54. The Balaban J connectivity index is 1.99. The highest BCUT2D eigenvalue weighted by Gasteiger charge is 2.20. The van der Waals surface area contributed by atoms with E-state index in [-0.39, 0.29) is 11.9 Å². The summed E-state index contributed by atoms with van der Waals surface area (Å²) in [5.41, 5.74) is 9.27. The molecule has 0 aliphatic heterocycles. The molecule has 0 radical (unpaired) electrons. The van der Waals surface area contributed by atoms with Crippen LogP contribution in [0.1, 0.15) is 37.6 Å². The number of carbonyl (C=O) groups excluding carboxylic acids is 1. The zero-order valence-corrected chi connectivity index (χ0v) is 17.1. The van der Waals surface area contributed by atoms with Crippen LogP contribution in [0.3, 0.4) is 0 Å². The summed E-state index contributed by atoms with van der Waals surface area (Å²) in [5.74, 6) is 0.361. The van der Waals surface area contributed by atoms with Crippen molar-refractivity contribution < 1.29 is 4.79 Å². The van der Waals surface area contributed by atoms with E-state index >= 15 is 0 Å². The van der Waals surface area contributed by atoms with E-state index in [4.69, 9.17) is 10.7 Å². The summed E-state index contributed by atoms with van der Waals surface area (Å²) in [6, 6.07) is 11.9. The molecule has 0 aliphatic rings. The molecule has 28 heavy (non-hydrogen) atoms. The first-order valence-electron chi connectivity index (χ1n) is 9.85. The lowest BCUT2D eigenvalue weighted by atomic mass is 10.0. The Hall–Kier alpha value is -2.73. The number of aromatic nitrogens is 3. The van der Waals surface area contributed by atoms with Crippen molar-refractivity contribution in [2.75, 3.05) is 13.6 Å².